The molecule has 0 saturated carbocycles. The Bertz CT molecular complexity index is 1020. The molecule has 0 N–H and O–H groups in total. The number of hydrogen-bond acceptors (Lipinski definition) is 6. The first kappa shape index (κ1) is 60.9. The largest absolute Gasteiger partial charge is 0.462 e. The number of carbonyl (C=O) groups is 3. The van der Waals surface area contributed by atoms with Gasteiger partial charge in [-0.3, -0.25) is 14.4 Å². The van der Waals surface area contributed by atoms with Crippen LogP contribution in [-0.4, -0.2) is 37.2 Å². The topological polar surface area (TPSA) is 78.9 Å². The first-order valence-corrected chi connectivity index (χ1v) is 27.8. The van der Waals surface area contributed by atoms with E-state index in [0.29, 0.717) is 19.3 Å². The summed E-state index contributed by atoms with van der Waals surface area (Å²) in [5.41, 5.74) is 0. The van der Waals surface area contributed by atoms with Gasteiger partial charge in [-0.1, -0.05) is 263 Å². The van der Waals surface area contributed by atoms with Gasteiger partial charge < -0.3 is 14.2 Å². The van der Waals surface area contributed by atoms with Gasteiger partial charge in [-0.25, -0.2) is 0 Å². The van der Waals surface area contributed by atoms with E-state index in [9.17, 15) is 14.4 Å². The summed E-state index contributed by atoms with van der Waals surface area (Å²) in [5.74, 6) is -0.868. The van der Waals surface area contributed by atoms with Crippen LogP contribution in [0, 0.1) is 0 Å². The predicted molar refractivity (Wildman–Crippen MR) is 270 cm³/mol. The van der Waals surface area contributed by atoms with Crippen molar-refractivity contribution in [2.75, 3.05) is 13.2 Å². The monoisotopic (exact) mass is 887 g/mol. The molecule has 0 saturated heterocycles. The first-order valence-electron chi connectivity index (χ1n) is 27.8. The van der Waals surface area contributed by atoms with Crippen LogP contribution in [0.2, 0.25) is 0 Å². The van der Waals surface area contributed by atoms with E-state index in [4.69, 9.17) is 14.2 Å². The molecule has 1 atom stereocenters. The minimum atomic E-state index is -0.772. The Morgan fingerprint density at radius 2 is 0.587 bits per heavy atom. The second-order valence-corrected chi connectivity index (χ2v) is 18.9. The molecule has 0 unspecified atom stereocenters. The predicted octanol–water partition coefficient (Wildman–Crippen LogP) is 18.3. The molecular formula is C57H106O6. The maximum Gasteiger partial charge on any atom is 0.306 e. The van der Waals surface area contributed by atoms with E-state index in [-0.39, 0.29) is 31.1 Å². The lowest BCUT2D eigenvalue weighted by Gasteiger charge is -2.18. The number of hydrogen-bond donors (Lipinski definition) is 0. The Morgan fingerprint density at radius 1 is 0.317 bits per heavy atom. The van der Waals surface area contributed by atoms with E-state index in [0.717, 1.165) is 83.5 Å². The molecule has 0 aliphatic heterocycles. The summed E-state index contributed by atoms with van der Waals surface area (Å²) < 4.78 is 16.8. The van der Waals surface area contributed by atoms with Crippen molar-refractivity contribution in [3.8, 4) is 0 Å². The zero-order valence-corrected chi connectivity index (χ0v) is 42.4. The molecule has 6 nitrogen and oxygen atoms in total. The standard InChI is InChI=1S/C57H106O6/c1-4-7-10-13-16-19-22-25-27-28-29-30-31-33-35-38-41-44-47-50-56(59)62-53-54(52-61-55(58)49-46-43-40-37-34-24-21-18-15-12-9-6-3)63-57(60)51-48-45-42-39-36-32-26-23-20-17-14-11-8-5-2/h14,17,23,26,54H,4-13,15-16,18-22,24-25,27-53H2,1-3H3/b17-14-,26-23-/t54-/m1/s1. The zero-order valence-electron chi connectivity index (χ0n) is 42.4. The zero-order chi connectivity index (χ0) is 45.8. The van der Waals surface area contributed by atoms with Crippen molar-refractivity contribution in [2.45, 2.75) is 309 Å². The fourth-order valence-corrected chi connectivity index (χ4v) is 8.23. The van der Waals surface area contributed by atoms with Crippen molar-refractivity contribution in [3.05, 3.63) is 24.3 Å². The molecule has 0 amide bonds. The van der Waals surface area contributed by atoms with Crippen LogP contribution < -0.4 is 0 Å². The lowest BCUT2D eigenvalue weighted by atomic mass is 10.0. The number of rotatable bonds is 51. The molecule has 370 valence electrons. The average molecular weight is 887 g/mol. The van der Waals surface area contributed by atoms with E-state index >= 15 is 0 Å². The van der Waals surface area contributed by atoms with Crippen molar-refractivity contribution < 1.29 is 28.6 Å². The van der Waals surface area contributed by atoms with Crippen LogP contribution in [0.3, 0.4) is 0 Å². The van der Waals surface area contributed by atoms with E-state index < -0.39 is 6.10 Å². The number of unbranched alkanes of at least 4 members (excludes halogenated alkanes) is 36. The molecule has 0 aliphatic rings. The van der Waals surface area contributed by atoms with Crippen LogP contribution in [0.25, 0.3) is 0 Å². The smallest absolute Gasteiger partial charge is 0.306 e. The molecule has 6 heteroatoms. The molecular weight excluding hydrogens is 781 g/mol. The highest BCUT2D eigenvalue weighted by Crippen LogP contribution is 2.17. The van der Waals surface area contributed by atoms with Crippen molar-refractivity contribution in [1.29, 1.82) is 0 Å². The molecule has 0 bridgehead atoms. The maximum atomic E-state index is 12.8. The molecule has 0 radical (unpaired) electrons. The van der Waals surface area contributed by atoms with Gasteiger partial charge in [-0.2, -0.15) is 0 Å². The first-order chi connectivity index (χ1) is 31.0. The van der Waals surface area contributed by atoms with E-state index in [1.807, 2.05) is 0 Å². The van der Waals surface area contributed by atoms with Gasteiger partial charge in [0.05, 0.1) is 0 Å². The molecule has 0 aromatic rings. The molecule has 0 fully saturated rings. The van der Waals surface area contributed by atoms with Crippen LogP contribution in [0.15, 0.2) is 24.3 Å². The summed E-state index contributed by atoms with van der Waals surface area (Å²) in [6.07, 6.45) is 60.2. The fourth-order valence-electron chi connectivity index (χ4n) is 8.23. The molecule has 63 heavy (non-hydrogen) atoms. The summed E-state index contributed by atoms with van der Waals surface area (Å²) >= 11 is 0. The van der Waals surface area contributed by atoms with Crippen LogP contribution in [-0.2, 0) is 28.6 Å². The van der Waals surface area contributed by atoms with Gasteiger partial charge in [0.25, 0.3) is 0 Å². The highest BCUT2D eigenvalue weighted by molar-refractivity contribution is 5.71. The Labute approximate surface area is 392 Å². The second-order valence-electron chi connectivity index (χ2n) is 18.9. The molecule has 0 aromatic heterocycles. The molecule has 0 aromatic carbocycles. The van der Waals surface area contributed by atoms with Crippen LogP contribution >= 0.6 is 0 Å². The van der Waals surface area contributed by atoms with E-state index in [1.54, 1.807) is 0 Å². The van der Waals surface area contributed by atoms with Gasteiger partial charge in [0.1, 0.15) is 13.2 Å². The molecule has 0 aliphatic carbocycles. The number of ether oxygens (including phenoxy) is 3. The summed E-state index contributed by atoms with van der Waals surface area (Å²) in [6.45, 7) is 6.63. The SMILES string of the molecule is CCCC/C=C\C/C=C\CCCCCCCC(=O)O[C@H](COC(=O)CCCCCCCCCCCCCC)COC(=O)CCCCCCCCCCCCCCCCCCCCC. The lowest BCUT2D eigenvalue weighted by molar-refractivity contribution is -0.167. The summed E-state index contributed by atoms with van der Waals surface area (Å²) in [4.78, 5) is 38.0. The Balaban J connectivity index is 4.29. The summed E-state index contributed by atoms with van der Waals surface area (Å²) in [6, 6.07) is 0. The minimum Gasteiger partial charge on any atom is -0.462 e. The second kappa shape index (κ2) is 52.5. The lowest BCUT2D eigenvalue weighted by Crippen LogP contribution is -2.30. The van der Waals surface area contributed by atoms with E-state index in [1.165, 1.54) is 180 Å². The number of esters is 3. The third kappa shape index (κ3) is 50.7. The Hall–Kier alpha value is -2.11. The highest BCUT2D eigenvalue weighted by atomic mass is 16.6. The third-order valence-electron chi connectivity index (χ3n) is 12.5. The van der Waals surface area contributed by atoms with Gasteiger partial charge in [-0.15, -0.1) is 0 Å². The Kier molecular flexibility index (Phi) is 50.8. The molecule has 0 spiro atoms. The highest BCUT2D eigenvalue weighted by Gasteiger charge is 2.19. The molecule has 0 heterocycles. The number of carbonyl (C=O) groups excluding carboxylic acids is 3. The normalized spacial score (nSPS) is 12.1. The molecule has 0 rings (SSSR count). The van der Waals surface area contributed by atoms with Gasteiger partial charge in [-0.05, 0) is 44.9 Å². The van der Waals surface area contributed by atoms with Crippen molar-refractivity contribution in [3.63, 3.8) is 0 Å². The van der Waals surface area contributed by atoms with Crippen molar-refractivity contribution in [1.82, 2.24) is 0 Å². The maximum absolute atomic E-state index is 12.8. The number of allylic oxidation sites excluding steroid dienone is 4. The van der Waals surface area contributed by atoms with Gasteiger partial charge in [0.15, 0.2) is 6.10 Å². The van der Waals surface area contributed by atoms with Crippen LogP contribution in [0.5, 0.6) is 0 Å². The fraction of sp³-hybridized carbons (Fsp3) is 0.877. The van der Waals surface area contributed by atoms with Crippen LogP contribution in [0.1, 0.15) is 303 Å². The quantitative estimate of drug-likeness (QED) is 0.0262. The van der Waals surface area contributed by atoms with Crippen molar-refractivity contribution >= 4 is 17.9 Å². The van der Waals surface area contributed by atoms with Gasteiger partial charge in [0.2, 0.25) is 0 Å². The minimum absolute atomic E-state index is 0.0718. The average Bonchev–Trinajstić information content (AvgIpc) is 3.28. The van der Waals surface area contributed by atoms with Crippen LogP contribution in [0.4, 0.5) is 0 Å². The summed E-state index contributed by atoms with van der Waals surface area (Å²) in [5, 5.41) is 0. The third-order valence-corrected chi connectivity index (χ3v) is 12.5. The van der Waals surface area contributed by atoms with Crippen molar-refractivity contribution in [2.24, 2.45) is 0 Å². The van der Waals surface area contributed by atoms with E-state index in [2.05, 4.69) is 45.1 Å². The van der Waals surface area contributed by atoms with Gasteiger partial charge in [0, 0.05) is 19.3 Å². The Morgan fingerprint density at radius 3 is 0.921 bits per heavy atom. The van der Waals surface area contributed by atoms with Gasteiger partial charge >= 0.3 is 17.9 Å². The summed E-state index contributed by atoms with van der Waals surface area (Å²) in [7, 11) is 0.